The first kappa shape index (κ1) is 12.7. The molecule has 0 aliphatic carbocycles. The second-order valence-corrected chi connectivity index (χ2v) is 7.40. The van der Waals surface area contributed by atoms with E-state index in [4.69, 9.17) is 0 Å². The Bertz CT molecular complexity index is 208. The summed E-state index contributed by atoms with van der Waals surface area (Å²) in [6.45, 7) is 7.16. The number of nitrogens with one attached hydrogen (secondary N) is 2. The van der Waals surface area contributed by atoms with Crippen LogP contribution in [0.4, 0.5) is 0 Å². The fourth-order valence-corrected chi connectivity index (χ4v) is 4.09. The molecule has 94 valence electrons. The minimum absolute atomic E-state index is 0.511. The van der Waals surface area contributed by atoms with Crippen LogP contribution in [0.1, 0.15) is 46.0 Å². The van der Waals surface area contributed by atoms with E-state index in [1.165, 1.54) is 50.9 Å². The van der Waals surface area contributed by atoms with Gasteiger partial charge in [0.05, 0.1) is 0 Å². The maximum absolute atomic E-state index is 3.73. The van der Waals surface area contributed by atoms with Gasteiger partial charge in [-0.3, -0.25) is 0 Å². The molecule has 0 amide bonds. The van der Waals surface area contributed by atoms with Gasteiger partial charge in [-0.1, -0.05) is 0 Å². The van der Waals surface area contributed by atoms with Crippen LogP contribution in [-0.4, -0.2) is 35.7 Å². The lowest BCUT2D eigenvalue weighted by Gasteiger charge is -2.26. The van der Waals surface area contributed by atoms with Crippen LogP contribution >= 0.6 is 11.8 Å². The highest BCUT2D eigenvalue weighted by molar-refractivity contribution is 8.00. The molecule has 0 radical (unpaired) electrons. The molecule has 2 aliphatic rings. The Balaban J connectivity index is 1.64. The minimum atomic E-state index is 0.511. The monoisotopic (exact) mass is 242 g/mol. The van der Waals surface area contributed by atoms with Crippen LogP contribution < -0.4 is 10.6 Å². The molecule has 2 rings (SSSR count). The van der Waals surface area contributed by atoms with E-state index in [-0.39, 0.29) is 0 Å². The zero-order valence-electron chi connectivity index (χ0n) is 10.7. The van der Waals surface area contributed by atoms with Crippen LogP contribution in [0.25, 0.3) is 0 Å². The number of thioether (sulfide) groups is 1. The zero-order chi connectivity index (χ0) is 11.4. The Hall–Kier alpha value is 0.270. The van der Waals surface area contributed by atoms with E-state index in [1.807, 2.05) is 0 Å². The van der Waals surface area contributed by atoms with Crippen molar-refractivity contribution in [2.24, 2.45) is 0 Å². The lowest BCUT2D eigenvalue weighted by Crippen LogP contribution is -2.40. The molecule has 0 saturated carbocycles. The molecule has 0 aromatic carbocycles. The van der Waals surface area contributed by atoms with E-state index in [1.54, 1.807) is 0 Å². The van der Waals surface area contributed by atoms with Crippen molar-refractivity contribution in [1.29, 1.82) is 0 Å². The fourth-order valence-electron chi connectivity index (χ4n) is 2.83. The van der Waals surface area contributed by atoms with Gasteiger partial charge in [0, 0.05) is 23.4 Å². The summed E-state index contributed by atoms with van der Waals surface area (Å²) in [6, 6.07) is 1.43. The van der Waals surface area contributed by atoms with Crippen LogP contribution in [0.5, 0.6) is 0 Å². The quantitative estimate of drug-likeness (QED) is 0.774. The van der Waals surface area contributed by atoms with Crippen molar-refractivity contribution in [1.82, 2.24) is 10.6 Å². The Morgan fingerprint density at radius 3 is 3.00 bits per heavy atom. The molecule has 0 aromatic heterocycles. The summed E-state index contributed by atoms with van der Waals surface area (Å²) in [5, 5.41) is 7.31. The van der Waals surface area contributed by atoms with Gasteiger partial charge in [-0.2, -0.15) is 11.8 Å². The first-order valence-electron chi connectivity index (χ1n) is 6.79. The third-order valence-corrected chi connectivity index (χ3v) is 5.46. The van der Waals surface area contributed by atoms with E-state index >= 15 is 0 Å². The normalized spacial score (nSPS) is 36.8. The summed E-state index contributed by atoms with van der Waals surface area (Å²) in [5.41, 5.74) is 0. The summed E-state index contributed by atoms with van der Waals surface area (Å²) in [6.07, 6.45) is 6.82. The van der Waals surface area contributed by atoms with Crippen molar-refractivity contribution >= 4 is 11.8 Å². The maximum atomic E-state index is 3.73. The van der Waals surface area contributed by atoms with E-state index in [2.05, 4.69) is 36.2 Å². The second kappa shape index (κ2) is 5.74. The topological polar surface area (TPSA) is 24.1 Å². The maximum Gasteiger partial charge on any atom is 0.0256 e. The van der Waals surface area contributed by atoms with Gasteiger partial charge in [0.15, 0.2) is 0 Å². The molecule has 2 N–H and O–H groups in total. The Labute approximate surface area is 104 Å². The van der Waals surface area contributed by atoms with Crippen LogP contribution in [-0.2, 0) is 0 Å². The van der Waals surface area contributed by atoms with Crippen molar-refractivity contribution in [2.45, 2.75) is 62.8 Å². The first-order chi connectivity index (χ1) is 7.68. The summed E-state index contributed by atoms with van der Waals surface area (Å²) in [4.78, 5) is 0. The molecule has 3 unspecified atom stereocenters. The van der Waals surface area contributed by atoms with Gasteiger partial charge < -0.3 is 10.6 Å². The van der Waals surface area contributed by atoms with Crippen LogP contribution in [0.3, 0.4) is 0 Å². The molecule has 2 nitrogen and oxygen atoms in total. The highest BCUT2D eigenvalue weighted by Crippen LogP contribution is 2.37. The predicted octanol–water partition coefficient (Wildman–Crippen LogP) is 2.39. The first-order valence-corrected chi connectivity index (χ1v) is 7.77. The Morgan fingerprint density at radius 1 is 1.50 bits per heavy atom. The van der Waals surface area contributed by atoms with Crippen molar-refractivity contribution in [3.63, 3.8) is 0 Å². The lowest BCUT2D eigenvalue weighted by atomic mass is 10.0. The predicted molar refractivity (Wildman–Crippen MR) is 73.2 cm³/mol. The van der Waals surface area contributed by atoms with Crippen molar-refractivity contribution < 1.29 is 0 Å². The molecule has 0 aromatic rings. The van der Waals surface area contributed by atoms with Gasteiger partial charge in [0.1, 0.15) is 0 Å². The molecule has 3 heteroatoms. The summed E-state index contributed by atoms with van der Waals surface area (Å²) < 4.78 is 0.511. The molecular weight excluding hydrogens is 216 g/mol. The third kappa shape index (κ3) is 3.64. The second-order valence-electron chi connectivity index (χ2n) is 5.71. The van der Waals surface area contributed by atoms with E-state index < -0.39 is 0 Å². The van der Waals surface area contributed by atoms with Gasteiger partial charge in [-0.05, 0) is 58.2 Å². The summed E-state index contributed by atoms with van der Waals surface area (Å²) >= 11 is 2.15. The van der Waals surface area contributed by atoms with Crippen LogP contribution in [0.15, 0.2) is 0 Å². The van der Waals surface area contributed by atoms with Gasteiger partial charge >= 0.3 is 0 Å². The molecule has 2 heterocycles. The average molecular weight is 242 g/mol. The van der Waals surface area contributed by atoms with E-state index in [0.717, 1.165) is 6.04 Å². The number of hydrogen-bond donors (Lipinski definition) is 2. The van der Waals surface area contributed by atoms with Crippen LogP contribution in [0.2, 0.25) is 0 Å². The minimum Gasteiger partial charge on any atom is -0.314 e. The third-order valence-electron chi connectivity index (χ3n) is 3.93. The SMILES string of the molecule is CC(CC1CCCN1)NCC1(C)CCCS1. The summed E-state index contributed by atoms with van der Waals surface area (Å²) in [7, 11) is 0. The van der Waals surface area contributed by atoms with Crippen molar-refractivity contribution in [2.75, 3.05) is 18.8 Å². The Kier molecular flexibility index (Phi) is 4.57. The highest BCUT2D eigenvalue weighted by atomic mass is 32.2. The molecule has 2 fully saturated rings. The molecule has 16 heavy (non-hydrogen) atoms. The largest absolute Gasteiger partial charge is 0.314 e. The van der Waals surface area contributed by atoms with Crippen molar-refractivity contribution in [3.8, 4) is 0 Å². The summed E-state index contributed by atoms with van der Waals surface area (Å²) in [5.74, 6) is 1.36. The number of rotatable bonds is 5. The van der Waals surface area contributed by atoms with Crippen molar-refractivity contribution in [3.05, 3.63) is 0 Å². The van der Waals surface area contributed by atoms with Crippen LogP contribution in [0, 0.1) is 0 Å². The fraction of sp³-hybridized carbons (Fsp3) is 1.00. The molecule has 3 atom stereocenters. The molecule has 0 spiro atoms. The lowest BCUT2D eigenvalue weighted by molar-refractivity contribution is 0.417. The van der Waals surface area contributed by atoms with Gasteiger partial charge in [-0.15, -0.1) is 0 Å². The van der Waals surface area contributed by atoms with E-state index in [0.29, 0.717) is 10.8 Å². The standard InChI is InChI=1S/C13H26N2S/c1-11(9-12-5-3-7-14-12)15-10-13(2)6-4-8-16-13/h11-12,14-15H,3-10H2,1-2H3. The van der Waals surface area contributed by atoms with E-state index in [9.17, 15) is 0 Å². The molecule has 2 aliphatic heterocycles. The smallest absolute Gasteiger partial charge is 0.0256 e. The molecule has 0 bridgehead atoms. The van der Waals surface area contributed by atoms with Gasteiger partial charge in [0.25, 0.3) is 0 Å². The highest BCUT2D eigenvalue weighted by Gasteiger charge is 2.29. The Morgan fingerprint density at radius 2 is 2.38 bits per heavy atom. The molecular formula is C13H26N2S. The zero-order valence-corrected chi connectivity index (χ0v) is 11.5. The van der Waals surface area contributed by atoms with Gasteiger partial charge in [-0.25, -0.2) is 0 Å². The average Bonchev–Trinajstić information content (AvgIpc) is 2.88. The molecule has 2 saturated heterocycles. The number of hydrogen-bond acceptors (Lipinski definition) is 3. The van der Waals surface area contributed by atoms with Gasteiger partial charge in [0.2, 0.25) is 0 Å².